The fourth-order valence-electron chi connectivity index (χ4n) is 1.40. The molecule has 0 saturated heterocycles. The molecule has 1 heterocycles. The lowest BCUT2D eigenvalue weighted by molar-refractivity contribution is -0.384. The summed E-state index contributed by atoms with van der Waals surface area (Å²) in [6.45, 7) is -2.31. The largest absolute Gasteiger partial charge is 0.405 e. The predicted octanol–water partition coefficient (Wildman–Crippen LogP) is 0.933. The molecule has 1 aromatic rings. The summed E-state index contributed by atoms with van der Waals surface area (Å²) in [5.74, 6) is -0.576. The molecule has 7 nitrogen and oxygen atoms in total. The fraction of sp³-hybridized carbons (Fsp3) is 0.444. The van der Waals surface area contributed by atoms with Gasteiger partial charge in [-0.05, 0) is 0 Å². The number of nitro groups is 1. The topological polar surface area (TPSA) is 106 Å². The van der Waals surface area contributed by atoms with Crippen LogP contribution >= 0.6 is 0 Å². The van der Waals surface area contributed by atoms with Crippen LogP contribution < -0.4 is 10.6 Å². The summed E-state index contributed by atoms with van der Waals surface area (Å²) in [6.07, 6.45) is -4.53. The van der Waals surface area contributed by atoms with E-state index in [1.165, 1.54) is 0 Å². The molecule has 0 aliphatic heterocycles. The number of hydrogen-bond donors (Lipinski definition) is 2. The summed E-state index contributed by atoms with van der Waals surface area (Å²) in [4.78, 5) is 14.1. The van der Waals surface area contributed by atoms with Crippen LogP contribution in [-0.4, -0.2) is 40.9 Å². The quantitative estimate of drug-likeness (QED) is 0.614. The molecule has 0 atom stereocenters. The Labute approximate surface area is 105 Å². The molecule has 106 valence electrons. The Hall–Kier alpha value is -2.10. The van der Waals surface area contributed by atoms with Crippen LogP contribution in [0.5, 0.6) is 0 Å². The van der Waals surface area contributed by atoms with Gasteiger partial charge in [-0.1, -0.05) is 0 Å². The molecule has 0 spiro atoms. The van der Waals surface area contributed by atoms with Crippen LogP contribution in [0.3, 0.4) is 0 Å². The van der Waals surface area contributed by atoms with Crippen molar-refractivity contribution in [2.24, 2.45) is 0 Å². The van der Waals surface area contributed by atoms with Crippen LogP contribution in [-0.2, 0) is 0 Å². The Morgan fingerprint density at radius 3 is 2.58 bits per heavy atom. The summed E-state index contributed by atoms with van der Waals surface area (Å²) in [7, 11) is 0. The number of hydrogen-bond acceptors (Lipinski definition) is 6. The average Bonchev–Trinajstić information content (AvgIpc) is 2.25. The second-order valence-corrected chi connectivity index (χ2v) is 3.63. The first-order valence-corrected chi connectivity index (χ1v) is 5.07. The standard InChI is InChI=1S/C9H11F3N4O3/c10-9(11,12)5-15(1-2-17)8-4-6(16(18)19)3-7(13)14-8/h3-4,17H,1-2,5H2,(H2,13,14). The van der Waals surface area contributed by atoms with Crippen molar-refractivity contribution in [3.8, 4) is 0 Å². The van der Waals surface area contributed by atoms with Gasteiger partial charge in [0.1, 0.15) is 18.2 Å². The van der Waals surface area contributed by atoms with Gasteiger partial charge in [0.25, 0.3) is 5.69 Å². The Morgan fingerprint density at radius 2 is 2.11 bits per heavy atom. The molecule has 0 radical (unpaired) electrons. The van der Waals surface area contributed by atoms with Crippen molar-refractivity contribution in [1.29, 1.82) is 0 Å². The first-order chi connectivity index (χ1) is 8.73. The third kappa shape index (κ3) is 4.58. The van der Waals surface area contributed by atoms with Gasteiger partial charge in [-0.3, -0.25) is 10.1 Å². The number of aliphatic hydroxyl groups excluding tert-OH is 1. The lowest BCUT2D eigenvalue weighted by Crippen LogP contribution is -2.36. The van der Waals surface area contributed by atoms with Gasteiger partial charge in [-0.15, -0.1) is 0 Å². The molecule has 1 aromatic heterocycles. The molecular formula is C9H11F3N4O3. The van der Waals surface area contributed by atoms with Crippen LogP contribution in [0, 0.1) is 10.1 Å². The van der Waals surface area contributed by atoms with Crippen molar-refractivity contribution in [2.75, 3.05) is 30.3 Å². The van der Waals surface area contributed by atoms with E-state index in [1.807, 2.05) is 0 Å². The molecule has 0 bridgehead atoms. The number of nitrogen functional groups attached to an aromatic ring is 1. The normalized spacial score (nSPS) is 11.4. The molecule has 0 saturated carbocycles. The van der Waals surface area contributed by atoms with Gasteiger partial charge in [-0.25, -0.2) is 4.98 Å². The monoisotopic (exact) mass is 280 g/mol. The van der Waals surface area contributed by atoms with Gasteiger partial charge in [0.05, 0.1) is 23.7 Å². The number of alkyl halides is 3. The van der Waals surface area contributed by atoms with E-state index in [4.69, 9.17) is 10.8 Å². The van der Waals surface area contributed by atoms with Crippen molar-refractivity contribution in [1.82, 2.24) is 4.98 Å². The zero-order valence-electron chi connectivity index (χ0n) is 9.59. The number of rotatable bonds is 5. The van der Waals surface area contributed by atoms with E-state index in [0.29, 0.717) is 4.90 Å². The highest BCUT2D eigenvalue weighted by molar-refractivity contribution is 5.54. The first kappa shape index (κ1) is 15.0. The maximum absolute atomic E-state index is 12.4. The van der Waals surface area contributed by atoms with Gasteiger partial charge < -0.3 is 15.7 Å². The Balaban J connectivity index is 3.11. The molecule has 0 aromatic carbocycles. The zero-order chi connectivity index (χ0) is 14.6. The second kappa shape index (κ2) is 5.69. The molecular weight excluding hydrogens is 269 g/mol. The smallest absolute Gasteiger partial charge is 0.395 e. The van der Waals surface area contributed by atoms with Crippen molar-refractivity contribution < 1.29 is 23.2 Å². The number of halogens is 3. The van der Waals surface area contributed by atoms with E-state index in [-0.39, 0.29) is 18.2 Å². The van der Waals surface area contributed by atoms with Crippen LogP contribution in [0.15, 0.2) is 12.1 Å². The Bertz CT molecular complexity index is 467. The van der Waals surface area contributed by atoms with Crippen molar-refractivity contribution >= 4 is 17.3 Å². The molecule has 0 aliphatic rings. The molecule has 19 heavy (non-hydrogen) atoms. The van der Waals surface area contributed by atoms with E-state index in [2.05, 4.69) is 4.98 Å². The van der Waals surface area contributed by atoms with Crippen LogP contribution in [0.25, 0.3) is 0 Å². The van der Waals surface area contributed by atoms with E-state index in [9.17, 15) is 23.3 Å². The maximum atomic E-state index is 12.4. The van der Waals surface area contributed by atoms with E-state index in [0.717, 1.165) is 12.1 Å². The number of anilines is 2. The highest BCUT2D eigenvalue weighted by Crippen LogP contribution is 2.25. The van der Waals surface area contributed by atoms with E-state index in [1.54, 1.807) is 0 Å². The minimum Gasteiger partial charge on any atom is -0.395 e. The minimum atomic E-state index is -4.53. The summed E-state index contributed by atoms with van der Waals surface area (Å²) in [5, 5.41) is 19.3. The van der Waals surface area contributed by atoms with Crippen LogP contribution in [0.1, 0.15) is 0 Å². The molecule has 0 unspecified atom stereocenters. The molecule has 0 fully saturated rings. The summed E-state index contributed by atoms with van der Waals surface area (Å²) in [5.41, 5.74) is 4.84. The van der Waals surface area contributed by atoms with Crippen LogP contribution in [0.2, 0.25) is 0 Å². The molecule has 0 amide bonds. The second-order valence-electron chi connectivity index (χ2n) is 3.63. The van der Waals surface area contributed by atoms with Gasteiger partial charge in [0.15, 0.2) is 0 Å². The molecule has 1 rings (SSSR count). The third-order valence-corrected chi connectivity index (χ3v) is 2.09. The maximum Gasteiger partial charge on any atom is 0.405 e. The number of nitrogens with zero attached hydrogens (tertiary/aromatic N) is 3. The average molecular weight is 280 g/mol. The molecule has 10 heteroatoms. The number of pyridine rings is 1. The zero-order valence-corrected chi connectivity index (χ0v) is 9.59. The highest BCUT2D eigenvalue weighted by atomic mass is 19.4. The SMILES string of the molecule is Nc1cc([N+](=O)[O-])cc(N(CCO)CC(F)(F)F)n1. The highest BCUT2D eigenvalue weighted by Gasteiger charge is 2.31. The van der Waals surface area contributed by atoms with Gasteiger partial charge >= 0.3 is 6.18 Å². The van der Waals surface area contributed by atoms with E-state index >= 15 is 0 Å². The van der Waals surface area contributed by atoms with Gasteiger partial charge in [0.2, 0.25) is 0 Å². The molecule has 0 aliphatic carbocycles. The molecule has 3 N–H and O–H groups in total. The number of nitrogens with two attached hydrogens (primary N) is 1. The summed E-state index contributed by atoms with van der Waals surface area (Å²) < 4.78 is 37.1. The van der Waals surface area contributed by atoms with Gasteiger partial charge in [0, 0.05) is 6.54 Å². The Kier molecular flexibility index (Phi) is 4.48. The lowest BCUT2D eigenvalue weighted by Gasteiger charge is -2.23. The number of aromatic nitrogens is 1. The fourth-order valence-corrected chi connectivity index (χ4v) is 1.40. The summed E-state index contributed by atoms with van der Waals surface area (Å²) >= 11 is 0. The minimum absolute atomic E-state index is 0.269. The first-order valence-electron chi connectivity index (χ1n) is 5.07. The van der Waals surface area contributed by atoms with E-state index < -0.39 is 29.9 Å². The van der Waals surface area contributed by atoms with Crippen LogP contribution in [0.4, 0.5) is 30.5 Å². The van der Waals surface area contributed by atoms with Crippen molar-refractivity contribution in [3.05, 3.63) is 22.2 Å². The van der Waals surface area contributed by atoms with Crippen molar-refractivity contribution in [3.63, 3.8) is 0 Å². The predicted molar refractivity (Wildman–Crippen MR) is 60.7 cm³/mol. The van der Waals surface area contributed by atoms with Gasteiger partial charge in [-0.2, -0.15) is 13.2 Å². The Morgan fingerprint density at radius 1 is 1.47 bits per heavy atom. The lowest BCUT2D eigenvalue weighted by atomic mass is 10.3. The third-order valence-electron chi connectivity index (χ3n) is 2.09. The van der Waals surface area contributed by atoms with Crippen molar-refractivity contribution in [2.45, 2.75) is 6.18 Å². The summed E-state index contributed by atoms with van der Waals surface area (Å²) in [6, 6.07) is 1.81. The number of aliphatic hydroxyl groups is 1.